The molecule has 2 N–H and O–H groups in total. The van der Waals surface area contributed by atoms with E-state index in [1.54, 1.807) is 19.3 Å². The summed E-state index contributed by atoms with van der Waals surface area (Å²) in [6.07, 6.45) is 1.68. The molecule has 0 unspecified atom stereocenters. The number of hydrogen-bond donors (Lipinski definition) is 1. The van der Waals surface area contributed by atoms with Crippen molar-refractivity contribution in [2.75, 3.05) is 12.8 Å². The van der Waals surface area contributed by atoms with Crippen LogP contribution in [0, 0.1) is 0 Å². The number of anilines is 1. The predicted molar refractivity (Wildman–Crippen MR) is 60.4 cm³/mol. The molecule has 1 aromatic carbocycles. The predicted octanol–water partition coefficient (Wildman–Crippen LogP) is 2.56. The third kappa shape index (κ3) is 2.36. The van der Waals surface area contributed by atoms with Gasteiger partial charge < -0.3 is 10.5 Å². The van der Waals surface area contributed by atoms with E-state index in [1.807, 2.05) is 19.1 Å². The molecule has 3 heteroatoms. The van der Waals surface area contributed by atoms with Crippen molar-refractivity contribution in [2.24, 2.45) is 4.99 Å². The Labute approximate surface area is 83.9 Å². The standard InChI is InChI=1S/C11H14N2O/c1-4-8(2)13-11-6-5-9(14-3)7-10(11)12/h4-7H,1,12H2,2-3H3. The van der Waals surface area contributed by atoms with E-state index >= 15 is 0 Å². The Bertz CT molecular complexity index is 370. The van der Waals surface area contributed by atoms with Crippen LogP contribution in [0.25, 0.3) is 0 Å². The second-order valence-corrected chi connectivity index (χ2v) is 2.88. The highest BCUT2D eigenvalue weighted by Crippen LogP contribution is 2.26. The second-order valence-electron chi connectivity index (χ2n) is 2.88. The normalized spacial score (nSPS) is 11.1. The number of ether oxygens (including phenoxy) is 1. The maximum atomic E-state index is 5.78. The van der Waals surface area contributed by atoms with Gasteiger partial charge in [0.15, 0.2) is 0 Å². The van der Waals surface area contributed by atoms with E-state index < -0.39 is 0 Å². The third-order valence-electron chi connectivity index (χ3n) is 1.83. The van der Waals surface area contributed by atoms with Gasteiger partial charge in [-0.2, -0.15) is 0 Å². The molecule has 0 spiro atoms. The molecule has 0 aliphatic heterocycles. The number of nitrogen functional groups attached to an aromatic ring is 1. The molecule has 0 saturated carbocycles. The molecule has 1 aromatic rings. The molecule has 0 radical (unpaired) electrons. The summed E-state index contributed by atoms with van der Waals surface area (Å²) in [7, 11) is 1.60. The van der Waals surface area contributed by atoms with Gasteiger partial charge >= 0.3 is 0 Å². The first-order chi connectivity index (χ1) is 6.67. The molecule has 0 aliphatic rings. The summed E-state index contributed by atoms with van der Waals surface area (Å²) in [4.78, 5) is 4.27. The summed E-state index contributed by atoms with van der Waals surface area (Å²) >= 11 is 0. The second kappa shape index (κ2) is 4.46. The van der Waals surface area contributed by atoms with E-state index in [2.05, 4.69) is 11.6 Å². The van der Waals surface area contributed by atoms with Crippen molar-refractivity contribution in [1.29, 1.82) is 0 Å². The molecule has 0 fully saturated rings. The zero-order chi connectivity index (χ0) is 10.6. The van der Waals surface area contributed by atoms with E-state index in [0.717, 1.165) is 17.1 Å². The number of aliphatic imine (C=N–C) groups is 1. The van der Waals surface area contributed by atoms with Gasteiger partial charge in [0.25, 0.3) is 0 Å². The van der Waals surface area contributed by atoms with Crippen LogP contribution in [-0.4, -0.2) is 12.8 Å². The van der Waals surface area contributed by atoms with Crippen molar-refractivity contribution >= 4 is 17.1 Å². The lowest BCUT2D eigenvalue weighted by Gasteiger charge is -2.04. The first-order valence-corrected chi connectivity index (χ1v) is 4.28. The van der Waals surface area contributed by atoms with Crippen LogP contribution in [0.5, 0.6) is 5.75 Å². The number of nitrogens with zero attached hydrogens (tertiary/aromatic N) is 1. The highest BCUT2D eigenvalue weighted by molar-refractivity contribution is 5.95. The largest absolute Gasteiger partial charge is 0.497 e. The molecule has 3 nitrogen and oxygen atoms in total. The topological polar surface area (TPSA) is 47.6 Å². The molecule has 14 heavy (non-hydrogen) atoms. The van der Waals surface area contributed by atoms with Gasteiger partial charge in [-0.15, -0.1) is 0 Å². The van der Waals surface area contributed by atoms with Gasteiger partial charge in [0.05, 0.1) is 18.5 Å². The van der Waals surface area contributed by atoms with Crippen LogP contribution < -0.4 is 10.5 Å². The van der Waals surface area contributed by atoms with Gasteiger partial charge in [-0.3, -0.25) is 4.99 Å². The van der Waals surface area contributed by atoms with Crippen molar-refractivity contribution in [1.82, 2.24) is 0 Å². The first kappa shape index (κ1) is 10.3. The minimum absolute atomic E-state index is 0.602. The van der Waals surface area contributed by atoms with Crippen molar-refractivity contribution in [2.45, 2.75) is 6.92 Å². The smallest absolute Gasteiger partial charge is 0.121 e. The summed E-state index contributed by atoms with van der Waals surface area (Å²) in [5.74, 6) is 0.734. The molecular formula is C11H14N2O. The molecule has 0 saturated heterocycles. The quantitative estimate of drug-likeness (QED) is 0.588. The van der Waals surface area contributed by atoms with E-state index in [1.165, 1.54) is 0 Å². The number of rotatable bonds is 3. The van der Waals surface area contributed by atoms with Gasteiger partial charge in [0.1, 0.15) is 5.75 Å². The summed E-state index contributed by atoms with van der Waals surface area (Å²) in [6.45, 7) is 5.50. The average Bonchev–Trinajstić information content (AvgIpc) is 2.20. The Kier molecular flexibility index (Phi) is 3.29. The monoisotopic (exact) mass is 190 g/mol. The lowest BCUT2D eigenvalue weighted by atomic mass is 10.2. The van der Waals surface area contributed by atoms with E-state index in [-0.39, 0.29) is 0 Å². The molecule has 0 amide bonds. The number of methoxy groups -OCH3 is 1. The Morgan fingerprint density at radius 2 is 2.29 bits per heavy atom. The Hall–Kier alpha value is -1.77. The molecule has 1 rings (SSSR count). The van der Waals surface area contributed by atoms with Gasteiger partial charge in [-0.25, -0.2) is 0 Å². The molecule has 0 aromatic heterocycles. The van der Waals surface area contributed by atoms with Gasteiger partial charge in [-0.05, 0) is 25.1 Å². The molecule has 0 aliphatic carbocycles. The van der Waals surface area contributed by atoms with E-state index in [4.69, 9.17) is 10.5 Å². The van der Waals surface area contributed by atoms with Crippen LogP contribution in [0.2, 0.25) is 0 Å². The van der Waals surface area contributed by atoms with Crippen LogP contribution in [0.1, 0.15) is 6.92 Å². The summed E-state index contributed by atoms with van der Waals surface area (Å²) < 4.78 is 5.03. The van der Waals surface area contributed by atoms with Crippen molar-refractivity contribution in [3.8, 4) is 5.75 Å². The zero-order valence-corrected chi connectivity index (χ0v) is 8.45. The van der Waals surface area contributed by atoms with Crippen molar-refractivity contribution < 1.29 is 4.74 Å². The summed E-state index contributed by atoms with van der Waals surface area (Å²) in [5, 5.41) is 0. The van der Waals surface area contributed by atoms with E-state index in [9.17, 15) is 0 Å². The molecular weight excluding hydrogens is 176 g/mol. The number of benzene rings is 1. The molecule has 74 valence electrons. The van der Waals surface area contributed by atoms with E-state index in [0.29, 0.717) is 5.69 Å². The fourth-order valence-electron chi connectivity index (χ4n) is 0.997. The molecule has 0 heterocycles. The Morgan fingerprint density at radius 3 is 2.79 bits per heavy atom. The van der Waals surface area contributed by atoms with Crippen molar-refractivity contribution in [3.63, 3.8) is 0 Å². The SMILES string of the molecule is C=CC(C)=Nc1ccc(OC)cc1N. The highest BCUT2D eigenvalue weighted by Gasteiger charge is 1.99. The number of nitrogens with two attached hydrogens (primary N) is 1. The van der Waals surface area contributed by atoms with Crippen LogP contribution in [0.15, 0.2) is 35.8 Å². The first-order valence-electron chi connectivity index (χ1n) is 4.28. The lowest BCUT2D eigenvalue weighted by Crippen LogP contribution is -1.90. The molecule has 0 bridgehead atoms. The summed E-state index contributed by atoms with van der Waals surface area (Å²) in [5.41, 5.74) is 7.96. The van der Waals surface area contributed by atoms with Crippen LogP contribution in [-0.2, 0) is 0 Å². The minimum atomic E-state index is 0.602. The maximum absolute atomic E-state index is 5.78. The van der Waals surface area contributed by atoms with Crippen LogP contribution in [0.3, 0.4) is 0 Å². The minimum Gasteiger partial charge on any atom is -0.497 e. The zero-order valence-electron chi connectivity index (χ0n) is 8.45. The number of hydrogen-bond acceptors (Lipinski definition) is 3. The van der Waals surface area contributed by atoms with Gasteiger partial charge in [0.2, 0.25) is 0 Å². The Balaban J connectivity index is 3.06. The van der Waals surface area contributed by atoms with Crippen molar-refractivity contribution in [3.05, 3.63) is 30.9 Å². The van der Waals surface area contributed by atoms with Crippen LogP contribution in [0.4, 0.5) is 11.4 Å². The van der Waals surface area contributed by atoms with Gasteiger partial charge in [-0.1, -0.05) is 6.58 Å². The molecule has 0 atom stereocenters. The maximum Gasteiger partial charge on any atom is 0.121 e. The average molecular weight is 190 g/mol. The third-order valence-corrected chi connectivity index (χ3v) is 1.83. The van der Waals surface area contributed by atoms with Crippen LogP contribution >= 0.6 is 0 Å². The Morgan fingerprint density at radius 1 is 1.57 bits per heavy atom. The fraction of sp³-hybridized carbons (Fsp3) is 0.182. The van der Waals surface area contributed by atoms with Gasteiger partial charge in [0, 0.05) is 11.8 Å². The summed E-state index contributed by atoms with van der Waals surface area (Å²) in [6, 6.07) is 5.39. The lowest BCUT2D eigenvalue weighted by molar-refractivity contribution is 0.415. The fourth-order valence-corrected chi connectivity index (χ4v) is 0.997. The highest BCUT2D eigenvalue weighted by atomic mass is 16.5. The number of allylic oxidation sites excluding steroid dienone is 1.